The third kappa shape index (κ3) is 2.98. The number of nitrogens with one attached hydrogen (secondary N) is 1. The molecule has 20 heavy (non-hydrogen) atoms. The molecule has 0 aliphatic carbocycles. The van der Waals surface area contributed by atoms with Crippen molar-refractivity contribution in [1.29, 1.82) is 0 Å². The lowest BCUT2D eigenvalue weighted by atomic mass is 10.4. The number of likely N-dealkylation sites (N-methyl/N-ethyl adjacent to an activating group) is 1. The summed E-state index contributed by atoms with van der Waals surface area (Å²) in [7, 11) is -1.80. The summed E-state index contributed by atoms with van der Waals surface area (Å²) in [5.41, 5.74) is 0.554. The summed E-state index contributed by atoms with van der Waals surface area (Å²) in [5.74, 6) is 0. The summed E-state index contributed by atoms with van der Waals surface area (Å²) in [4.78, 5) is 6.44. The number of halogens is 1. The van der Waals surface area contributed by atoms with Crippen molar-refractivity contribution in [3.05, 3.63) is 16.9 Å². The van der Waals surface area contributed by atoms with E-state index in [1.807, 2.05) is 0 Å². The molecule has 2 heterocycles. The van der Waals surface area contributed by atoms with Gasteiger partial charge in [-0.1, -0.05) is 6.92 Å². The molecule has 0 bridgehead atoms. The molecule has 1 aliphatic heterocycles. The minimum atomic E-state index is -3.51. The summed E-state index contributed by atoms with van der Waals surface area (Å²) in [5, 5.41) is 2.93. The average molecular weight is 363 g/mol. The van der Waals surface area contributed by atoms with Crippen molar-refractivity contribution in [3.63, 3.8) is 0 Å². The second-order valence-electron chi connectivity index (χ2n) is 4.58. The van der Waals surface area contributed by atoms with Gasteiger partial charge >= 0.3 is 0 Å². The Kier molecular flexibility index (Phi) is 5.00. The van der Waals surface area contributed by atoms with Gasteiger partial charge in [0.2, 0.25) is 10.0 Å². The predicted octanol–water partition coefficient (Wildman–Crippen LogP) is 1.21. The van der Waals surface area contributed by atoms with Gasteiger partial charge in [-0.25, -0.2) is 8.42 Å². The molecule has 1 N–H and O–H groups in total. The number of aromatic nitrogens is 1. The Balaban J connectivity index is 2.30. The van der Waals surface area contributed by atoms with Gasteiger partial charge in [-0.3, -0.25) is 4.98 Å². The van der Waals surface area contributed by atoms with Crippen LogP contribution in [-0.2, 0) is 10.0 Å². The van der Waals surface area contributed by atoms with E-state index in [0.717, 1.165) is 19.6 Å². The Hall–Kier alpha value is -0.700. The van der Waals surface area contributed by atoms with Gasteiger partial charge in [0.05, 0.1) is 10.2 Å². The van der Waals surface area contributed by atoms with Crippen LogP contribution < -0.4 is 5.32 Å². The fraction of sp³-hybridized carbons (Fsp3) is 0.583. The van der Waals surface area contributed by atoms with Gasteiger partial charge in [0.25, 0.3) is 0 Å². The fourth-order valence-electron chi connectivity index (χ4n) is 2.28. The van der Waals surface area contributed by atoms with Crippen molar-refractivity contribution in [2.75, 3.05) is 45.1 Å². The second-order valence-corrected chi connectivity index (χ2v) is 7.34. The second kappa shape index (κ2) is 6.38. The summed E-state index contributed by atoms with van der Waals surface area (Å²) in [6.45, 7) is 5.62. The lowest BCUT2D eigenvalue weighted by molar-refractivity contribution is 0.196. The van der Waals surface area contributed by atoms with Crippen molar-refractivity contribution in [2.24, 2.45) is 0 Å². The quantitative estimate of drug-likeness (QED) is 0.871. The van der Waals surface area contributed by atoms with E-state index in [9.17, 15) is 8.42 Å². The summed E-state index contributed by atoms with van der Waals surface area (Å²) < 4.78 is 27.6. The molecule has 0 unspecified atom stereocenters. The minimum Gasteiger partial charge on any atom is -0.386 e. The Morgan fingerprint density at radius 3 is 2.50 bits per heavy atom. The highest BCUT2D eigenvalue weighted by Crippen LogP contribution is 2.30. The molecule has 112 valence electrons. The maximum Gasteiger partial charge on any atom is 0.246 e. The number of nitrogens with zero attached hydrogens (tertiary/aromatic N) is 3. The van der Waals surface area contributed by atoms with E-state index >= 15 is 0 Å². The SMILES string of the molecule is CCN1CCN(S(=O)(=O)c2cncc(Br)c2NC)CC1. The Morgan fingerprint density at radius 2 is 1.95 bits per heavy atom. The van der Waals surface area contributed by atoms with Gasteiger partial charge in [0.15, 0.2) is 0 Å². The number of rotatable bonds is 4. The molecule has 0 amide bonds. The fourth-order valence-corrected chi connectivity index (χ4v) is 4.53. The summed E-state index contributed by atoms with van der Waals surface area (Å²) in [6.07, 6.45) is 2.98. The third-order valence-electron chi connectivity index (χ3n) is 3.51. The van der Waals surface area contributed by atoms with Crippen LogP contribution in [0.15, 0.2) is 21.8 Å². The van der Waals surface area contributed by atoms with Crippen LogP contribution in [0.4, 0.5) is 5.69 Å². The maximum absolute atomic E-state index is 12.7. The number of sulfonamides is 1. The van der Waals surface area contributed by atoms with E-state index in [1.54, 1.807) is 13.2 Å². The van der Waals surface area contributed by atoms with Crippen LogP contribution in [0, 0.1) is 0 Å². The first-order valence-electron chi connectivity index (χ1n) is 6.54. The number of piperazine rings is 1. The Morgan fingerprint density at radius 1 is 1.30 bits per heavy atom. The molecule has 1 aromatic rings. The zero-order chi connectivity index (χ0) is 14.8. The molecule has 1 fully saturated rings. The van der Waals surface area contributed by atoms with Crippen molar-refractivity contribution < 1.29 is 8.42 Å². The maximum atomic E-state index is 12.7. The smallest absolute Gasteiger partial charge is 0.246 e. The first-order valence-corrected chi connectivity index (χ1v) is 8.77. The largest absolute Gasteiger partial charge is 0.386 e. The normalized spacial score (nSPS) is 18.1. The molecule has 0 spiro atoms. The van der Waals surface area contributed by atoms with Crippen LogP contribution in [-0.4, -0.2) is 62.4 Å². The van der Waals surface area contributed by atoms with Crippen LogP contribution in [0.3, 0.4) is 0 Å². The van der Waals surface area contributed by atoms with Crippen LogP contribution in [0.5, 0.6) is 0 Å². The Bertz CT molecular complexity index is 571. The third-order valence-corrected chi connectivity index (χ3v) is 6.02. The topological polar surface area (TPSA) is 65.5 Å². The highest BCUT2D eigenvalue weighted by atomic mass is 79.9. The molecule has 1 aliphatic rings. The zero-order valence-electron chi connectivity index (χ0n) is 11.6. The van der Waals surface area contributed by atoms with E-state index in [1.165, 1.54) is 10.5 Å². The molecule has 0 aromatic carbocycles. The molecule has 0 radical (unpaired) electrons. The molecular weight excluding hydrogens is 344 g/mol. The Labute approximate surface area is 128 Å². The number of pyridine rings is 1. The summed E-state index contributed by atoms with van der Waals surface area (Å²) in [6, 6.07) is 0. The average Bonchev–Trinajstić information content (AvgIpc) is 2.47. The monoisotopic (exact) mass is 362 g/mol. The van der Waals surface area contributed by atoms with Crippen LogP contribution >= 0.6 is 15.9 Å². The van der Waals surface area contributed by atoms with Crippen LogP contribution in [0.25, 0.3) is 0 Å². The van der Waals surface area contributed by atoms with Crippen molar-refractivity contribution in [1.82, 2.24) is 14.2 Å². The molecule has 0 saturated carbocycles. The van der Waals surface area contributed by atoms with Crippen molar-refractivity contribution in [2.45, 2.75) is 11.8 Å². The highest BCUT2D eigenvalue weighted by molar-refractivity contribution is 9.10. The van der Waals surface area contributed by atoms with Crippen LogP contribution in [0.1, 0.15) is 6.92 Å². The van der Waals surface area contributed by atoms with Gasteiger partial charge in [-0.2, -0.15) is 4.31 Å². The molecule has 0 atom stereocenters. The van der Waals surface area contributed by atoms with Gasteiger partial charge in [-0.05, 0) is 22.5 Å². The van der Waals surface area contributed by atoms with Crippen LogP contribution in [0.2, 0.25) is 0 Å². The molecule has 1 saturated heterocycles. The van der Waals surface area contributed by atoms with E-state index in [4.69, 9.17) is 0 Å². The highest BCUT2D eigenvalue weighted by Gasteiger charge is 2.30. The van der Waals surface area contributed by atoms with Crippen molar-refractivity contribution in [3.8, 4) is 0 Å². The number of hydrogen-bond donors (Lipinski definition) is 1. The van der Waals surface area contributed by atoms with E-state index < -0.39 is 10.0 Å². The molecule has 2 rings (SSSR count). The lowest BCUT2D eigenvalue weighted by Gasteiger charge is -2.33. The standard InChI is InChI=1S/C12H19BrN4O2S/c1-3-16-4-6-17(7-5-16)20(18,19)11-9-15-8-10(13)12(11)14-2/h8-9H,3-7H2,1-2H3,(H,14,15). The predicted molar refractivity (Wildman–Crippen MR) is 82.4 cm³/mol. The van der Waals surface area contributed by atoms with E-state index in [0.29, 0.717) is 23.2 Å². The molecular formula is C12H19BrN4O2S. The van der Waals surface area contributed by atoms with Gasteiger partial charge in [-0.15, -0.1) is 0 Å². The number of anilines is 1. The zero-order valence-corrected chi connectivity index (χ0v) is 14.0. The molecule has 8 heteroatoms. The van der Waals surface area contributed by atoms with Gasteiger partial charge in [0.1, 0.15) is 4.90 Å². The molecule has 1 aromatic heterocycles. The first kappa shape index (κ1) is 15.7. The van der Waals surface area contributed by atoms with Crippen molar-refractivity contribution >= 4 is 31.6 Å². The van der Waals surface area contributed by atoms with Gasteiger partial charge < -0.3 is 10.2 Å². The minimum absolute atomic E-state index is 0.222. The number of hydrogen-bond acceptors (Lipinski definition) is 5. The van der Waals surface area contributed by atoms with E-state index in [2.05, 4.69) is 38.1 Å². The first-order chi connectivity index (χ1) is 9.50. The lowest BCUT2D eigenvalue weighted by Crippen LogP contribution is -2.48. The van der Waals surface area contributed by atoms with Gasteiger partial charge in [0, 0.05) is 45.6 Å². The summed E-state index contributed by atoms with van der Waals surface area (Å²) >= 11 is 3.33. The molecule has 6 nitrogen and oxygen atoms in total. The van der Waals surface area contributed by atoms with E-state index in [-0.39, 0.29) is 4.90 Å².